The highest BCUT2D eigenvalue weighted by atomic mass is 28.4. The number of fused-ring (bicyclic) bond motifs is 2. The van der Waals surface area contributed by atoms with Crippen LogP contribution in [0.25, 0.3) is 11.0 Å². The summed E-state index contributed by atoms with van der Waals surface area (Å²) in [6, 6.07) is 8.91. The van der Waals surface area contributed by atoms with E-state index in [0.29, 0.717) is 23.5 Å². The highest BCUT2D eigenvalue weighted by Gasteiger charge is 2.61. The van der Waals surface area contributed by atoms with E-state index in [1.807, 2.05) is 96.5 Å². The molecule has 2 aromatic heterocycles. The maximum absolute atomic E-state index is 14.4. The van der Waals surface area contributed by atoms with E-state index < -0.39 is 55.7 Å². The first-order valence-electron chi connectivity index (χ1n) is 17.2. The molecule has 270 valence electrons. The van der Waals surface area contributed by atoms with E-state index in [0.717, 1.165) is 11.1 Å². The molecule has 11 nitrogen and oxygen atoms in total. The van der Waals surface area contributed by atoms with E-state index >= 15 is 0 Å². The van der Waals surface area contributed by atoms with Crippen LogP contribution in [0, 0.1) is 0 Å². The van der Waals surface area contributed by atoms with Crippen molar-refractivity contribution in [2.24, 2.45) is 0 Å². The van der Waals surface area contributed by atoms with E-state index in [4.69, 9.17) is 33.1 Å². The lowest BCUT2D eigenvalue weighted by Crippen LogP contribution is -2.50. The van der Waals surface area contributed by atoms with E-state index in [2.05, 4.69) is 38.8 Å². The third kappa shape index (κ3) is 8.31. The summed E-state index contributed by atoms with van der Waals surface area (Å²) in [5.74, 6) is -0.456. The van der Waals surface area contributed by atoms with Crippen molar-refractivity contribution in [3.05, 3.63) is 54.0 Å². The van der Waals surface area contributed by atoms with Crippen molar-refractivity contribution < 1.29 is 32.9 Å². The summed E-state index contributed by atoms with van der Waals surface area (Å²) in [6.07, 6.45) is 2.01. The molecule has 1 aromatic carbocycles. The van der Waals surface area contributed by atoms with Crippen LogP contribution in [0.3, 0.4) is 0 Å². The maximum atomic E-state index is 14.4. The van der Waals surface area contributed by atoms with E-state index in [9.17, 15) is 4.79 Å². The van der Waals surface area contributed by atoms with Crippen molar-refractivity contribution in [1.82, 2.24) is 19.4 Å². The van der Waals surface area contributed by atoms with Crippen LogP contribution in [0.15, 0.2) is 42.9 Å². The van der Waals surface area contributed by atoms with Gasteiger partial charge >= 0.3 is 6.09 Å². The molecule has 0 bridgehead atoms. The first kappa shape index (κ1) is 37.2. The van der Waals surface area contributed by atoms with Crippen LogP contribution in [0.4, 0.5) is 4.79 Å². The molecule has 49 heavy (non-hydrogen) atoms. The van der Waals surface area contributed by atoms with E-state index in [1.165, 1.54) is 6.33 Å². The molecule has 0 aliphatic carbocycles. The molecular formula is C37H56N4O7Si. The fraction of sp³-hybridized carbons (Fsp3) is 0.649. The van der Waals surface area contributed by atoms with Crippen molar-refractivity contribution >= 4 is 25.4 Å². The van der Waals surface area contributed by atoms with Gasteiger partial charge in [-0.1, -0.05) is 51.1 Å². The number of nitrogens with zero attached hydrogens (tertiary/aromatic N) is 4. The predicted molar refractivity (Wildman–Crippen MR) is 191 cm³/mol. The van der Waals surface area contributed by atoms with Crippen molar-refractivity contribution in [2.75, 3.05) is 6.61 Å². The molecule has 2 fully saturated rings. The first-order valence-corrected chi connectivity index (χ1v) is 20.1. The van der Waals surface area contributed by atoms with Gasteiger partial charge in [-0.3, -0.25) is 4.90 Å². The Balaban J connectivity index is 1.64. The number of ether oxygens (including phenoxy) is 5. The van der Waals surface area contributed by atoms with Crippen LogP contribution in [-0.2, 0) is 36.7 Å². The molecule has 0 radical (unpaired) electrons. The number of benzene rings is 1. The number of hydrogen-bond acceptors (Lipinski definition) is 9. The number of amides is 1. The van der Waals surface area contributed by atoms with Crippen LogP contribution < -0.4 is 4.74 Å². The van der Waals surface area contributed by atoms with Crippen LogP contribution in [0.1, 0.15) is 93.3 Å². The molecule has 0 unspecified atom stereocenters. The summed E-state index contributed by atoms with van der Waals surface area (Å²) in [7, 11) is -2.21. The van der Waals surface area contributed by atoms with Crippen LogP contribution >= 0.6 is 0 Å². The average Bonchev–Trinajstić information content (AvgIpc) is 3.57. The molecule has 2 aliphatic heterocycles. The van der Waals surface area contributed by atoms with Crippen LogP contribution in [0.2, 0.25) is 18.1 Å². The molecule has 1 amide bonds. The normalized spacial score (nSPS) is 22.8. The van der Waals surface area contributed by atoms with Gasteiger partial charge in [0.25, 0.3) is 0 Å². The molecule has 4 heterocycles. The van der Waals surface area contributed by atoms with Gasteiger partial charge < -0.3 is 32.7 Å². The highest BCUT2D eigenvalue weighted by Crippen LogP contribution is 2.50. The van der Waals surface area contributed by atoms with E-state index in [1.54, 1.807) is 4.90 Å². The quantitative estimate of drug-likeness (QED) is 0.206. The minimum Gasteiger partial charge on any atom is -0.470 e. The van der Waals surface area contributed by atoms with Gasteiger partial charge in [0.05, 0.1) is 25.3 Å². The van der Waals surface area contributed by atoms with Gasteiger partial charge in [0.2, 0.25) is 5.88 Å². The van der Waals surface area contributed by atoms with Crippen molar-refractivity contribution in [3.8, 4) is 5.88 Å². The second kappa shape index (κ2) is 13.3. The van der Waals surface area contributed by atoms with Crippen LogP contribution in [-0.4, -0.2) is 75.7 Å². The average molecular weight is 697 g/mol. The molecule has 3 aromatic rings. The topological polar surface area (TPSA) is 106 Å². The zero-order valence-corrected chi connectivity index (χ0v) is 32.6. The molecular weight excluding hydrogens is 641 g/mol. The Hall–Kier alpha value is -3.03. The Bertz CT molecular complexity index is 1620. The van der Waals surface area contributed by atoms with Gasteiger partial charge in [0, 0.05) is 11.8 Å². The number of likely N-dealkylation sites (tertiary alicyclic amines) is 1. The third-order valence-electron chi connectivity index (χ3n) is 9.24. The standard InChI is InChI=1S/C37H56N4O7Si/c1-34(2,3)47-32-29-27(38-22-39-32)25(19-40(29)23-43-20-24-17-15-14-16-18-24)28-31-30(45-37(10,11)46-31)26(21-44-49(12,13)36(7,8)9)41(28)33(42)48-35(4,5)6/h14-19,22,26,28,30-31H,20-21,23H2,1-13H3/t26-,28+,30-,31+/m1/s1. The Morgan fingerprint density at radius 2 is 1.59 bits per heavy atom. The smallest absolute Gasteiger partial charge is 0.411 e. The third-order valence-corrected chi connectivity index (χ3v) is 13.7. The molecule has 0 spiro atoms. The zero-order valence-electron chi connectivity index (χ0n) is 31.6. The summed E-state index contributed by atoms with van der Waals surface area (Å²) >= 11 is 0. The molecule has 2 aliphatic rings. The monoisotopic (exact) mass is 696 g/mol. The van der Waals surface area contributed by atoms with Crippen molar-refractivity contribution in [3.63, 3.8) is 0 Å². The Morgan fingerprint density at radius 3 is 2.20 bits per heavy atom. The SMILES string of the molecule is CC(C)(C)OC(=O)N1[C@H](CO[Si](C)(C)C(C)(C)C)[C@H]2OC(C)(C)O[C@H]2[C@@H]1c1cn(COCc2ccccc2)c2c(OC(C)(C)C)ncnc12. The zero-order chi connectivity index (χ0) is 36.2. The number of hydrogen-bond donors (Lipinski definition) is 0. The van der Waals surface area contributed by atoms with Gasteiger partial charge in [0.15, 0.2) is 14.1 Å². The van der Waals surface area contributed by atoms with Gasteiger partial charge in [-0.2, -0.15) is 4.98 Å². The Kier molecular flexibility index (Phi) is 10.1. The second-order valence-electron chi connectivity index (χ2n) is 17.1. The Labute approximate surface area is 292 Å². The molecule has 2 saturated heterocycles. The molecule has 5 rings (SSSR count). The minimum atomic E-state index is -2.21. The lowest BCUT2D eigenvalue weighted by molar-refractivity contribution is -0.168. The Morgan fingerprint density at radius 1 is 0.939 bits per heavy atom. The fourth-order valence-electron chi connectivity index (χ4n) is 6.10. The summed E-state index contributed by atoms with van der Waals surface area (Å²) in [5.41, 5.74) is 1.85. The number of carbonyl (C=O) groups excluding carboxylic acids is 1. The van der Waals surface area contributed by atoms with Gasteiger partial charge in [-0.15, -0.1) is 0 Å². The second-order valence-corrected chi connectivity index (χ2v) is 22.0. The molecule has 0 N–H and O–H groups in total. The minimum absolute atomic E-state index is 0.0268. The number of carbonyl (C=O) groups is 1. The highest BCUT2D eigenvalue weighted by molar-refractivity contribution is 6.74. The first-order chi connectivity index (χ1) is 22.6. The van der Waals surface area contributed by atoms with Crippen molar-refractivity contribution in [2.45, 2.75) is 149 Å². The summed E-state index contributed by atoms with van der Waals surface area (Å²) in [4.78, 5) is 25.5. The van der Waals surface area contributed by atoms with Gasteiger partial charge in [-0.25, -0.2) is 9.78 Å². The maximum Gasteiger partial charge on any atom is 0.411 e. The lowest BCUT2D eigenvalue weighted by Gasteiger charge is -2.40. The number of aromatic nitrogens is 3. The van der Waals surface area contributed by atoms with Gasteiger partial charge in [-0.05, 0) is 79.1 Å². The predicted octanol–water partition coefficient (Wildman–Crippen LogP) is 7.99. The van der Waals surface area contributed by atoms with E-state index in [-0.39, 0.29) is 18.4 Å². The van der Waals surface area contributed by atoms with Crippen LogP contribution in [0.5, 0.6) is 5.88 Å². The van der Waals surface area contributed by atoms with Crippen molar-refractivity contribution in [1.29, 1.82) is 0 Å². The van der Waals surface area contributed by atoms with Gasteiger partial charge in [0.1, 0.15) is 47.5 Å². The number of rotatable bonds is 9. The summed E-state index contributed by atoms with van der Waals surface area (Å²) < 4.78 is 40.7. The lowest BCUT2D eigenvalue weighted by atomic mass is 10.0. The molecule has 0 saturated carbocycles. The molecule has 4 atom stereocenters. The molecule has 12 heteroatoms. The summed E-state index contributed by atoms with van der Waals surface area (Å²) in [5, 5.41) is -0.0268. The summed E-state index contributed by atoms with van der Waals surface area (Å²) in [6.45, 7) is 27.3. The largest absolute Gasteiger partial charge is 0.470 e. The fourth-order valence-corrected chi connectivity index (χ4v) is 7.12.